The molecule has 28 heavy (non-hydrogen) atoms. The molecule has 5 rings (SSSR count). The summed E-state index contributed by atoms with van der Waals surface area (Å²) < 4.78 is 16.7. The first-order chi connectivity index (χ1) is 13.8. The Labute approximate surface area is 163 Å². The van der Waals surface area contributed by atoms with E-state index in [9.17, 15) is 4.39 Å². The van der Waals surface area contributed by atoms with Gasteiger partial charge in [-0.1, -0.05) is 36.4 Å². The minimum atomic E-state index is -0.143. The lowest BCUT2D eigenvalue weighted by molar-refractivity contribution is 0.200. The Hall–Kier alpha value is -2.92. The lowest BCUT2D eigenvalue weighted by Crippen LogP contribution is -2.37. The lowest BCUT2D eigenvalue weighted by Gasteiger charge is -2.36. The predicted octanol–water partition coefficient (Wildman–Crippen LogP) is 4.54. The van der Waals surface area contributed by atoms with Crippen LogP contribution in [0.5, 0.6) is 0 Å². The minimum Gasteiger partial charge on any atom is -0.357 e. The van der Waals surface area contributed by atoms with Crippen molar-refractivity contribution in [3.63, 3.8) is 0 Å². The molecule has 0 amide bonds. The van der Waals surface area contributed by atoms with Crippen LogP contribution in [-0.2, 0) is 13.0 Å². The van der Waals surface area contributed by atoms with Gasteiger partial charge < -0.3 is 4.98 Å². The summed E-state index contributed by atoms with van der Waals surface area (Å²) in [5.41, 5.74) is 4.34. The molecule has 142 valence electrons. The molecule has 5 heteroatoms. The molecule has 2 aromatic carbocycles. The lowest BCUT2D eigenvalue weighted by atomic mass is 9.92. The number of aromatic nitrogens is 3. The van der Waals surface area contributed by atoms with Gasteiger partial charge in [-0.25, -0.2) is 4.39 Å². The Morgan fingerprint density at radius 2 is 1.89 bits per heavy atom. The zero-order chi connectivity index (χ0) is 18.9. The van der Waals surface area contributed by atoms with Crippen LogP contribution in [0.15, 0.2) is 67.0 Å². The molecule has 1 N–H and O–H groups in total. The molecule has 0 saturated heterocycles. The fourth-order valence-corrected chi connectivity index (χ4v) is 4.45. The summed E-state index contributed by atoms with van der Waals surface area (Å²) in [6.07, 6.45) is 5.74. The smallest absolute Gasteiger partial charge is 0.128 e. The molecule has 4 aromatic rings. The van der Waals surface area contributed by atoms with Crippen LogP contribution in [-0.4, -0.2) is 32.8 Å². The summed E-state index contributed by atoms with van der Waals surface area (Å²) in [6, 6.07) is 17.4. The topological polar surface area (TPSA) is 36.9 Å². The summed E-state index contributed by atoms with van der Waals surface area (Å²) in [7, 11) is 0. The van der Waals surface area contributed by atoms with E-state index >= 15 is 0 Å². The molecule has 1 unspecified atom stereocenters. The summed E-state index contributed by atoms with van der Waals surface area (Å²) in [5.74, 6) is -0.143. The highest BCUT2D eigenvalue weighted by Gasteiger charge is 2.32. The summed E-state index contributed by atoms with van der Waals surface area (Å²) in [4.78, 5) is 6.00. The van der Waals surface area contributed by atoms with Gasteiger partial charge in [-0.05, 0) is 36.6 Å². The predicted molar refractivity (Wildman–Crippen MR) is 109 cm³/mol. The van der Waals surface area contributed by atoms with E-state index in [-0.39, 0.29) is 11.9 Å². The van der Waals surface area contributed by atoms with Gasteiger partial charge in [0.25, 0.3) is 0 Å². The number of halogens is 1. The van der Waals surface area contributed by atoms with Gasteiger partial charge in [0, 0.05) is 54.2 Å². The number of nitrogens with one attached hydrogen (secondary N) is 1. The molecule has 0 aliphatic carbocycles. The van der Waals surface area contributed by atoms with Crippen molar-refractivity contribution in [2.45, 2.75) is 25.4 Å². The SMILES string of the molecule is Fc1ccccc1C1c2[nH]c3ccccc3c2CCN1CCCn1cccn1. The summed E-state index contributed by atoms with van der Waals surface area (Å²) in [5, 5.41) is 5.55. The fourth-order valence-electron chi connectivity index (χ4n) is 4.45. The molecule has 2 aromatic heterocycles. The van der Waals surface area contributed by atoms with E-state index in [1.54, 1.807) is 18.3 Å². The molecule has 4 nitrogen and oxygen atoms in total. The number of aryl methyl sites for hydroxylation is 1. The van der Waals surface area contributed by atoms with Crippen LogP contribution in [0.3, 0.4) is 0 Å². The van der Waals surface area contributed by atoms with Crippen molar-refractivity contribution in [3.05, 3.63) is 89.6 Å². The van der Waals surface area contributed by atoms with Crippen molar-refractivity contribution < 1.29 is 4.39 Å². The number of aromatic amines is 1. The minimum absolute atomic E-state index is 0.0880. The third-order valence-electron chi connectivity index (χ3n) is 5.73. The first kappa shape index (κ1) is 17.2. The summed E-state index contributed by atoms with van der Waals surface area (Å²) in [6.45, 7) is 2.69. The van der Waals surface area contributed by atoms with E-state index in [2.05, 4.69) is 33.2 Å². The van der Waals surface area contributed by atoms with Gasteiger partial charge in [-0.15, -0.1) is 0 Å². The van der Waals surface area contributed by atoms with Crippen molar-refractivity contribution in [2.24, 2.45) is 0 Å². The molecule has 0 bridgehead atoms. The second-order valence-electron chi connectivity index (χ2n) is 7.40. The van der Waals surface area contributed by atoms with Crippen LogP contribution in [0.1, 0.15) is 29.3 Å². The molecular weight excluding hydrogens is 351 g/mol. The molecule has 3 heterocycles. The average Bonchev–Trinajstić information content (AvgIpc) is 3.36. The van der Waals surface area contributed by atoms with E-state index < -0.39 is 0 Å². The number of benzene rings is 2. The molecule has 1 aliphatic heterocycles. The number of para-hydroxylation sites is 1. The van der Waals surface area contributed by atoms with E-state index in [4.69, 9.17) is 0 Å². The Bertz CT molecular complexity index is 1080. The highest BCUT2D eigenvalue weighted by molar-refractivity contribution is 5.85. The maximum absolute atomic E-state index is 14.8. The van der Waals surface area contributed by atoms with Crippen molar-refractivity contribution in [1.29, 1.82) is 0 Å². The number of H-pyrrole nitrogens is 1. The van der Waals surface area contributed by atoms with Crippen LogP contribution in [0.4, 0.5) is 4.39 Å². The standard InChI is InChI=1S/C23H23FN4/c24-20-9-3-1-8-19(20)23-22-18(17-7-2-4-10-21(17)26-22)11-16-27(23)13-6-15-28-14-5-12-25-28/h1-5,7-10,12,14,23,26H,6,11,13,15-16H2. The molecular formula is C23H23FN4. The first-order valence-electron chi connectivity index (χ1n) is 9.86. The van der Waals surface area contributed by atoms with E-state index in [1.165, 1.54) is 10.9 Å². The fraction of sp³-hybridized carbons (Fsp3) is 0.261. The highest BCUT2D eigenvalue weighted by atomic mass is 19.1. The molecule has 0 spiro atoms. The monoisotopic (exact) mass is 374 g/mol. The quantitative estimate of drug-likeness (QED) is 0.557. The molecule has 0 fully saturated rings. The van der Waals surface area contributed by atoms with Crippen LogP contribution in [0, 0.1) is 5.82 Å². The van der Waals surface area contributed by atoms with Crippen molar-refractivity contribution in [3.8, 4) is 0 Å². The van der Waals surface area contributed by atoms with E-state index in [0.29, 0.717) is 0 Å². The van der Waals surface area contributed by atoms with Crippen molar-refractivity contribution in [2.75, 3.05) is 13.1 Å². The third-order valence-corrected chi connectivity index (χ3v) is 5.73. The second kappa shape index (κ2) is 7.24. The number of hydrogen-bond acceptors (Lipinski definition) is 2. The molecule has 1 aliphatic rings. The van der Waals surface area contributed by atoms with Gasteiger partial charge >= 0.3 is 0 Å². The van der Waals surface area contributed by atoms with E-state index in [1.807, 2.05) is 35.1 Å². The maximum atomic E-state index is 14.8. The highest BCUT2D eigenvalue weighted by Crippen LogP contribution is 2.39. The van der Waals surface area contributed by atoms with Gasteiger partial charge in [0.15, 0.2) is 0 Å². The summed E-state index contributed by atoms with van der Waals surface area (Å²) >= 11 is 0. The zero-order valence-electron chi connectivity index (χ0n) is 15.7. The normalized spacial score (nSPS) is 17.1. The number of hydrogen-bond donors (Lipinski definition) is 1. The van der Waals surface area contributed by atoms with Crippen molar-refractivity contribution in [1.82, 2.24) is 19.7 Å². The Morgan fingerprint density at radius 1 is 1.04 bits per heavy atom. The number of nitrogens with zero attached hydrogens (tertiary/aromatic N) is 3. The van der Waals surface area contributed by atoms with Gasteiger partial charge in [-0.3, -0.25) is 9.58 Å². The molecule has 0 radical (unpaired) electrons. The van der Waals surface area contributed by atoms with Crippen LogP contribution >= 0.6 is 0 Å². The Morgan fingerprint density at radius 3 is 2.75 bits per heavy atom. The number of fused-ring (bicyclic) bond motifs is 3. The zero-order valence-corrected chi connectivity index (χ0v) is 15.7. The van der Waals surface area contributed by atoms with Gasteiger partial charge in [0.05, 0.1) is 6.04 Å². The number of rotatable bonds is 5. The third kappa shape index (κ3) is 3.02. The average molecular weight is 374 g/mol. The maximum Gasteiger partial charge on any atom is 0.128 e. The Balaban J connectivity index is 1.51. The Kier molecular flexibility index (Phi) is 4.45. The van der Waals surface area contributed by atoms with Gasteiger partial charge in [-0.2, -0.15) is 5.10 Å². The van der Waals surface area contributed by atoms with Gasteiger partial charge in [0.2, 0.25) is 0 Å². The van der Waals surface area contributed by atoms with Gasteiger partial charge in [0.1, 0.15) is 5.82 Å². The van der Waals surface area contributed by atoms with Crippen LogP contribution < -0.4 is 0 Å². The largest absolute Gasteiger partial charge is 0.357 e. The van der Waals surface area contributed by atoms with Crippen LogP contribution in [0.25, 0.3) is 10.9 Å². The molecule has 1 atom stereocenters. The van der Waals surface area contributed by atoms with Crippen LogP contribution in [0.2, 0.25) is 0 Å². The van der Waals surface area contributed by atoms with Crippen molar-refractivity contribution >= 4 is 10.9 Å². The van der Waals surface area contributed by atoms with E-state index in [0.717, 1.165) is 49.2 Å². The molecule has 0 saturated carbocycles. The second-order valence-corrected chi connectivity index (χ2v) is 7.40. The first-order valence-corrected chi connectivity index (χ1v) is 9.86.